The summed E-state index contributed by atoms with van der Waals surface area (Å²) in [4.78, 5) is 0. The molecule has 1 fully saturated rings. The number of rotatable bonds is 3. The lowest BCUT2D eigenvalue weighted by molar-refractivity contribution is 0.0252. The van der Waals surface area contributed by atoms with Crippen molar-refractivity contribution in [3.63, 3.8) is 0 Å². The maximum Gasteiger partial charge on any atom is 0.124 e. The molecule has 0 spiro atoms. The molecular formula is C12H16BrNO2. The van der Waals surface area contributed by atoms with Gasteiger partial charge in [-0.3, -0.25) is 0 Å². The smallest absolute Gasteiger partial charge is 0.124 e. The average Bonchev–Trinajstić information content (AvgIpc) is 2.33. The summed E-state index contributed by atoms with van der Waals surface area (Å²) in [5.41, 5.74) is 6.74. The van der Waals surface area contributed by atoms with Crippen LogP contribution in [0.1, 0.15) is 18.4 Å². The van der Waals surface area contributed by atoms with E-state index in [1.165, 1.54) is 0 Å². The molecular weight excluding hydrogens is 270 g/mol. The number of benzene rings is 1. The fourth-order valence-corrected chi connectivity index (χ4v) is 2.20. The average molecular weight is 286 g/mol. The van der Waals surface area contributed by atoms with Gasteiger partial charge in [0.2, 0.25) is 0 Å². The Labute approximate surface area is 104 Å². The van der Waals surface area contributed by atoms with Gasteiger partial charge < -0.3 is 15.2 Å². The highest BCUT2D eigenvalue weighted by Crippen LogP contribution is 2.25. The van der Waals surface area contributed by atoms with Crippen molar-refractivity contribution in [2.45, 2.75) is 25.5 Å². The molecule has 1 saturated heterocycles. The first-order valence-electron chi connectivity index (χ1n) is 5.52. The first-order valence-corrected chi connectivity index (χ1v) is 6.32. The quantitative estimate of drug-likeness (QED) is 0.928. The van der Waals surface area contributed by atoms with Crippen molar-refractivity contribution >= 4 is 15.9 Å². The largest absolute Gasteiger partial charge is 0.490 e. The third-order valence-corrected chi connectivity index (χ3v) is 3.20. The zero-order chi connectivity index (χ0) is 11.4. The molecule has 0 amide bonds. The standard InChI is InChI=1S/C12H16BrNO2/c13-10-1-2-12(9(7-10)8-14)16-11-3-5-15-6-4-11/h1-2,7,11H,3-6,8,14H2. The zero-order valence-electron chi connectivity index (χ0n) is 9.12. The minimum atomic E-state index is 0.264. The number of ether oxygens (including phenoxy) is 2. The van der Waals surface area contributed by atoms with E-state index in [1.54, 1.807) is 0 Å². The molecule has 0 bridgehead atoms. The molecule has 88 valence electrons. The zero-order valence-corrected chi connectivity index (χ0v) is 10.7. The lowest BCUT2D eigenvalue weighted by atomic mass is 10.1. The van der Waals surface area contributed by atoms with Crippen molar-refractivity contribution in [2.75, 3.05) is 13.2 Å². The molecule has 1 aliphatic heterocycles. The van der Waals surface area contributed by atoms with E-state index < -0.39 is 0 Å². The topological polar surface area (TPSA) is 44.5 Å². The molecule has 16 heavy (non-hydrogen) atoms. The van der Waals surface area contributed by atoms with Gasteiger partial charge in [0, 0.05) is 29.4 Å². The number of hydrogen-bond donors (Lipinski definition) is 1. The Morgan fingerprint density at radius 2 is 2.12 bits per heavy atom. The molecule has 0 radical (unpaired) electrons. The summed E-state index contributed by atoms with van der Waals surface area (Å²) >= 11 is 3.43. The van der Waals surface area contributed by atoms with E-state index in [0.29, 0.717) is 6.54 Å². The number of halogens is 1. The van der Waals surface area contributed by atoms with Crippen molar-refractivity contribution in [1.29, 1.82) is 0 Å². The van der Waals surface area contributed by atoms with Crippen LogP contribution in [0.25, 0.3) is 0 Å². The summed E-state index contributed by atoms with van der Waals surface area (Å²) in [5, 5.41) is 0. The van der Waals surface area contributed by atoms with Gasteiger partial charge in [-0.2, -0.15) is 0 Å². The second kappa shape index (κ2) is 5.66. The molecule has 0 aliphatic carbocycles. The predicted molar refractivity (Wildman–Crippen MR) is 66.5 cm³/mol. The van der Waals surface area contributed by atoms with Crippen LogP contribution < -0.4 is 10.5 Å². The maximum atomic E-state index is 5.95. The maximum absolute atomic E-state index is 5.95. The summed E-state index contributed by atoms with van der Waals surface area (Å²) < 4.78 is 12.3. The van der Waals surface area contributed by atoms with Gasteiger partial charge in [0.15, 0.2) is 0 Å². The van der Waals surface area contributed by atoms with Crippen molar-refractivity contribution in [3.05, 3.63) is 28.2 Å². The van der Waals surface area contributed by atoms with Gasteiger partial charge in [-0.15, -0.1) is 0 Å². The minimum Gasteiger partial charge on any atom is -0.490 e. The highest BCUT2D eigenvalue weighted by Gasteiger charge is 2.16. The Morgan fingerprint density at radius 1 is 1.38 bits per heavy atom. The lowest BCUT2D eigenvalue weighted by Gasteiger charge is -2.24. The van der Waals surface area contributed by atoms with Crippen molar-refractivity contribution in [1.82, 2.24) is 0 Å². The van der Waals surface area contributed by atoms with E-state index in [4.69, 9.17) is 15.2 Å². The van der Waals surface area contributed by atoms with Gasteiger partial charge in [-0.25, -0.2) is 0 Å². The van der Waals surface area contributed by atoms with Crippen LogP contribution in [0, 0.1) is 0 Å². The van der Waals surface area contributed by atoms with Crippen LogP contribution >= 0.6 is 15.9 Å². The third-order valence-electron chi connectivity index (χ3n) is 2.70. The third kappa shape index (κ3) is 2.97. The van der Waals surface area contributed by atoms with Gasteiger partial charge in [-0.1, -0.05) is 15.9 Å². The van der Waals surface area contributed by atoms with Crippen LogP contribution in [0.15, 0.2) is 22.7 Å². The van der Waals surface area contributed by atoms with Crippen LogP contribution in [-0.4, -0.2) is 19.3 Å². The fraction of sp³-hybridized carbons (Fsp3) is 0.500. The van der Waals surface area contributed by atoms with Gasteiger partial charge in [0.05, 0.1) is 13.2 Å². The second-order valence-electron chi connectivity index (χ2n) is 3.89. The van der Waals surface area contributed by atoms with E-state index >= 15 is 0 Å². The molecule has 0 aromatic heterocycles. The molecule has 3 nitrogen and oxygen atoms in total. The second-order valence-corrected chi connectivity index (χ2v) is 4.80. The highest BCUT2D eigenvalue weighted by molar-refractivity contribution is 9.10. The Balaban J connectivity index is 2.07. The lowest BCUT2D eigenvalue weighted by Crippen LogP contribution is -2.26. The molecule has 1 aliphatic rings. The molecule has 2 N–H and O–H groups in total. The molecule has 4 heteroatoms. The van der Waals surface area contributed by atoms with Crippen molar-refractivity contribution < 1.29 is 9.47 Å². The SMILES string of the molecule is NCc1cc(Br)ccc1OC1CCOCC1. The Bertz CT molecular complexity index is 351. The van der Waals surface area contributed by atoms with Crippen LogP contribution in [-0.2, 0) is 11.3 Å². The first kappa shape index (κ1) is 11.9. The van der Waals surface area contributed by atoms with E-state index in [0.717, 1.165) is 41.8 Å². The van der Waals surface area contributed by atoms with E-state index in [9.17, 15) is 0 Å². The summed E-state index contributed by atoms with van der Waals surface area (Å²) in [6.45, 7) is 2.08. The van der Waals surface area contributed by atoms with Crippen LogP contribution in [0.4, 0.5) is 0 Å². The molecule has 2 rings (SSSR count). The summed E-state index contributed by atoms with van der Waals surface area (Å²) in [7, 11) is 0. The summed E-state index contributed by atoms with van der Waals surface area (Å²) in [6, 6.07) is 5.96. The van der Waals surface area contributed by atoms with E-state index in [1.807, 2.05) is 18.2 Å². The van der Waals surface area contributed by atoms with E-state index in [2.05, 4.69) is 15.9 Å². The molecule has 1 aromatic carbocycles. The predicted octanol–water partition coefficient (Wildman–Crippen LogP) is 2.47. The molecule has 0 unspecified atom stereocenters. The molecule has 1 aromatic rings. The van der Waals surface area contributed by atoms with Crippen LogP contribution in [0.5, 0.6) is 5.75 Å². The first-order chi connectivity index (χ1) is 7.79. The Kier molecular flexibility index (Phi) is 4.21. The monoisotopic (exact) mass is 285 g/mol. The Hall–Kier alpha value is -0.580. The highest BCUT2D eigenvalue weighted by atomic mass is 79.9. The molecule has 1 heterocycles. The number of hydrogen-bond acceptors (Lipinski definition) is 3. The number of nitrogens with two attached hydrogens (primary N) is 1. The van der Waals surface area contributed by atoms with E-state index in [-0.39, 0.29) is 6.10 Å². The van der Waals surface area contributed by atoms with Crippen molar-refractivity contribution in [3.8, 4) is 5.75 Å². The fourth-order valence-electron chi connectivity index (χ4n) is 1.80. The van der Waals surface area contributed by atoms with Gasteiger partial charge >= 0.3 is 0 Å². The summed E-state index contributed by atoms with van der Waals surface area (Å²) in [6.07, 6.45) is 2.18. The molecule has 0 saturated carbocycles. The van der Waals surface area contributed by atoms with Gasteiger partial charge in [0.25, 0.3) is 0 Å². The molecule has 0 atom stereocenters. The van der Waals surface area contributed by atoms with Gasteiger partial charge in [-0.05, 0) is 18.2 Å². The Morgan fingerprint density at radius 3 is 2.81 bits per heavy atom. The van der Waals surface area contributed by atoms with Crippen LogP contribution in [0.2, 0.25) is 0 Å². The summed E-state index contributed by atoms with van der Waals surface area (Å²) in [5.74, 6) is 0.901. The van der Waals surface area contributed by atoms with Gasteiger partial charge in [0.1, 0.15) is 11.9 Å². The normalized spacial score (nSPS) is 17.4. The minimum absolute atomic E-state index is 0.264. The van der Waals surface area contributed by atoms with Crippen LogP contribution in [0.3, 0.4) is 0 Å². The van der Waals surface area contributed by atoms with Crippen molar-refractivity contribution in [2.24, 2.45) is 5.73 Å².